The minimum atomic E-state index is -0.446. The van der Waals surface area contributed by atoms with Crippen molar-refractivity contribution in [1.29, 1.82) is 0 Å². The first kappa shape index (κ1) is 45.7. The zero-order valence-corrected chi connectivity index (χ0v) is 38.3. The van der Waals surface area contributed by atoms with Crippen molar-refractivity contribution in [2.75, 3.05) is 0 Å². The first-order valence-corrected chi connectivity index (χ1v) is 23.4. The van der Waals surface area contributed by atoms with Crippen LogP contribution >= 0.6 is 23.8 Å². The summed E-state index contributed by atoms with van der Waals surface area (Å²) in [5.41, 5.74) is 0. The van der Waals surface area contributed by atoms with Gasteiger partial charge in [-0.25, -0.2) is 0 Å². The molecule has 0 aliphatic rings. The molecule has 2 radical (unpaired) electrons. The van der Waals surface area contributed by atoms with E-state index in [0.29, 0.717) is 0 Å². The fourth-order valence-electron chi connectivity index (χ4n) is 6.54. The summed E-state index contributed by atoms with van der Waals surface area (Å²) in [5.74, 6) is 0. The van der Waals surface area contributed by atoms with Gasteiger partial charge in [0, 0.05) is 0 Å². The maximum absolute atomic E-state index is 7.50. The molecule has 0 aromatic heterocycles. The number of carbonyl (C=O) groups excluding carboxylic acids is 1. The van der Waals surface area contributed by atoms with E-state index >= 15 is 0 Å². The molecule has 9 rings (SSSR count). The number of hydrogen-bond donors (Lipinski definition) is 0. The van der Waals surface area contributed by atoms with Crippen LogP contribution in [0.25, 0.3) is 0 Å². The fourth-order valence-corrected chi connectivity index (χ4v) is 13.5. The van der Waals surface area contributed by atoms with Crippen LogP contribution in [-0.4, -0.2) is 6.79 Å². The molecule has 0 N–H and O–H groups in total. The van der Waals surface area contributed by atoms with Crippen molar-refractivity contribution in [2.45, 2.75) is 0 Å². The van der Waals surface area contributed by atoms with Gasteiger partial charge in [0.15, 0.2) is 0 Å². The Morgan fingerprint density at radius 1 is 0.200 bits per heavy atom. The Morgan fingerprint density at radius 2 is 0.283 bits per heavy atom. The molecule has 0 bridgehead atoms. The van der Waals surface area contributed by atoms with Crippen LogP contribution in [0.1, 0.15) is 5.71 Å². The molecule has 0 amide bonds. The van der Waals surface area contributed by atoms with Gasteiger partial charge in [-0.1, -0.05) is 273 Å². The summed E-state index contributed by atoms with van der Waals surface area (Å²) >= 11 is 0. The van der Waals surface area contributed by atoms with Gasteiger partial charge in [0.05, 0.1) is 0 Å². The number of benzene rings is 9. The van der Waals surface area contributed by atoms with Crippen molar-refractivity contribution in [3.63, 3.8) is 0 Å². The standard InChI is InChI=1S/3C18H15P.CO.Os.4H/c3*1-4-10-16(11-5-1)19(17-12-6-2-7-13-17)18-14-8-3-9-15-18;1-2;;;;;/h3*1-15H;;;;;;/q;;;;+4;4*-1. The smallest absolute Gasteiger partial charge is 1.00 e. The Morgan fingerprint density at radius 3 is 0.367 bits per heavy atom. The Labute approximate surface area is 379 Å². The van der Waals surface area contributed by atoms with Gasteiger partial charge in [0.25, 0.3) is 6.79 Å². The molecular formula is C55H49OOsP3. The summed E-state index contributed by atoms with van der Waals surface area (Å²) in [6, 6.07) is 97.0. The van der Waals surface area contributed by atoms with Gasteiger partial charge in [0.1, 0.15) is 0 Å². The molecule has 9 aromatic rings. The Bertz CT molecular complexity index is 1910. The van der Waals surface area contributed by atoms with E-state index in [-0.39, 0.29) is 25.5 Å². The minimum absolute atomic E-state index is 0. The van der Waals surface area contributed by atoms with Crippen molar-refractivity contribution in [3.05, 3.63) is 273 Å². The Balaban J connectivity index is 0.000000453. The number of hydrogen-bond acceptors (Lipinski definition) is 1. The monoisotopic (exact) mass is 1010 g/mol. The Hall–Kier alpha value is -5.42. The molecule has 0 saturated carbocycles. The molecule has 9 aromatic carbocycles. The summed E-state index contributed by atoms with van der Waals surface area (Å²) in [4.78, 5) is 7.50. The zero-order chi connectivity index (χ0) is 40.7. The van der Waals surface area contributed by atoms with Crippen LogP contribution in [0.2, 0.25) is 0 Å². The van der Waals surface area contributed by atoms with Crippen molar-refractivity contribution < 1.29 is 30.3 Å². The average molecular weight is 1010 g/mol. The minimum Gasteiger partial charge on any atom is -1.00 e. The molecule has 0 aliphatic carbocycles. The second-order valence-corrected chi connectivity index (χ2v) is 19.7. The molecule has 0 atom stereocenters. The van der Waals surface area contributed by atoms with Gasteiger partial charge in [0.2, 0.25) is 0 Å². The van der Waals surface area contributed by atoms with Crippen molar-refractivity contribution in [1.82, 2.24) is 0 Å². The van der Waals surface area contributed by atoms with Crippen molar-refractivity contribution in [3.8, 4) is 0 Å². The molecule has 0 fully saturated rings. The van der Waals surface area contributed by atoms with Gasteiger partial charge in [-0.15, -0.1) is 0 Å². The van der Waals surface area contributed by atoms with E-state index < -0.39 is 23.8 Å². The SMILES string of the molecule is [C]=O.[H-].[H-].[H-].[H-].[Os+4].c1ccc(P(c2ccccc2)c2ccccc2)cc1.c1ccc(P(c2ccccc2)c2ccccc2)cc1.c1ccc(P(c2ccccc2)c2ccccc2)cc1. The van der Waals surface area contributed by atoms with Crippen LogP contribution in [0.3, 0.4) is 0 Å². The summed E-state index contributed by atoms with van der Waals surface area (Å²) in [7, 11) is -1.34. The normalized spacial score (nSPS) is 10.1. The van der Waals surface area contributed by atoms with Crippen molar-refractivity contribution >= 4 is 78.3 Å². The second-order valence-electron chi connectivity index (χ2n) is 13.0. The third-order valence-corrected chi connectivity index (χ3v) is 16.5. The molecule has 0 saturated heterocycles. The van der Waals surface area contributed by atoms with Gasteiger partial charge >= 0.3 is 19.8 Å². The quantitative estimate of drug-likeness (QED) is 0.132. The van der Waals surface area contributed by atoms with E-state index in [1.807, 2.05) is 0 Å². The second kappa shape index (κ2) is 25.9. The summed E-state index contributed by atoms with van der Waals surface area (Å²) in [5, 5.41) is 12.6. The number of rotatable bonds is 9. The summed E-state index contributed by atoms with van der Waals surface area (Å²) < 4.78 is 0. The fraction of sp³-hybridized carbons (Fsp3) is 0. The van der Waals surface area contributed by atoms with Crippen LogP contribution in [0.15, 0.2) is 273 Å². The van der Waals surface area contributed by atoms with E-state index in [1.165, 1.54) is 47.7 Å². The molecule has 0 unspecified atom stereocenters. The van der Waals surface area contributed by atoms with E-state index in [2.05, 4.69) is 280 Å². The predicted octanol–water partition coefficient (Wildman–Crippen LogP) is 10.4. The third-order valence-electron chi connectivity index (χ3n) is 9.13. The summed E-state index contributed by atoms with van der Waals surface area (Å²) in [6.07, 6.45) is 0. The predicted molar refractivity (Wildman–Crippen MR) is 266 cm³/mol. The van der Waals surface area contributed by atoms with Gasteiger partial charge in [-0.05, 0) is 71.5 Å². The topological polar surface area (TPSA) is 17.1 Å². The van der Waals surface area contributed by atoms with Crippen LogP contribution in [0.4, 0.5) is 0 Å². The molecular weight excluding hydrogens is 960 g/mol. The first-order chi connectivity index (χ1) is 29.3. The molecule has 0 spiro atoms. The first-order valence-electron chi connectivity index (χ1n) is 19.4. The average Bonchev–Trinajstić information content (AvgIpc) is 3.34. The van der Waals surface area contributed by atoms with Gasteiger partial charge < -0.3 is 5.71 Å². The molecule has 298 valence electrons. The van der Waals surface area contributed by atoms with Gasteiger partial charge in [-0.2, -0.15) is 0 Å². The summed E-state index contributed by atoms with van der Waals surface area (Å²) in [6.45, 7) is 4.50. The van der Waals surface area contributed by atoms with Crippen LogP contribution in [-0.2, 0) is 24.6 Å². The van der Waals surface area contributed by atoms with E-state index in [1.54, 1.807) is 0 Å². The van der Waals surface area contributed by atoms with Gasteiger partial charge in [-0.3, -0.25) is 4.79 Å². The van der Waals surface area contributed by atoms with E-state index in [4.69, 9.17) is 4.79 Å². The molecule has 0 aliphatic heterocycles. The maximum atomic E-state index is 7.50. The van der Waals surface area contributed by atoms with E-state index in [0.717, 1.165) is 0 Å². The van der Waals surface area contributed by atoms with Crippen molar-refractivity contribution in [2.24, 2.45) is 0 Å². The van der Waals surface area contributed by atoms with E-state index in [9.17, 15) is 0 Å². The molecule has 0 heterocycles. The van der Waals surface area contributed by atoms with Crippen LogP contribution in [0, 0.1) is 0 Å². The Kier molecular flexibility index (Phi) is 19.7. The maximum Gasteiger partial charge on any atom is 4.00 e. The zero-order valence-electron chi connectivity index (χ0n) is 37.1. The third kappa shape index (κ3) is 13.3. The molecule has 60 heavy (non-hydrogen) atoms. The largest absolute Gasteiger partial charge is 4.00 e. The molecule has 5 heteroatoms. The molecule has 1 nitrogen and oxygen atoms in total. The van der Waals surface area contributed by atoms with Crippen LogP contribution < -0.4 is 47.7 Å². The van der Waals surface area contributed by atoms with Crippen LogP contribution in [0.5, 0.6) is 0 Å².